The molecule has 2 rings (SSSR count). The lowest BCUT2D eigenvalue weighted by molar-refractivity contribution is 0.821. The van der Waals surface area contributed by atoms with Gasteiger partial charge in [-0.25, -0.2) is 0 Å². The van der Waals surface area contributed by atoms with Crippen molar-refractivity contribution < 1.29 is 0 Å². The Balaban J connectivity index is 2.35. The Labute approximate surface area is 88.2 Å². The van der Waals surface area contributed by atoms with Crippen LogP contribution in [0.4, 0.5) is 11.4 Å². The molecule has 0 spiro atoms. The molecular weight excluding hydrogens is 198 g/mol. The van der Waals surface area contributed by atoms with Gasteiger partial charge in [-0.1, -0.05) is 23.8 Å². The smallest absolute Gasteiger partial charge is 0.0844 e. The fourth-order valence-electron chi connectivity index (χ4n) is 1.62. The van der Waals surface area contributed by atoms with Crippen LogP contribution in [0.25, 0.3) is 0 Å². The molecule has 0 aliphatic carbocycles. The molecule has 0 bridgehead atoms. The highest BCUT2D eigenvalue weighted by atomic mass is 35.5. The van der Waals surface area contributed by atoms with E-state index in [0.717, 1.165) is 25.2 Å². The van der Waals surface area contributed by atoms with E-state index in [1.165, 1.54) is 0 Å². The molecule has 0 fully saturated rings. The fraction of sp³-hybridized carbons (Fsp3) is 0.300. The molecule has 3 nitrogen and oxygen atoms in total. The van der Waals surface area contributed by atoms with E-state index in [2.05, 4.69) is 22.0 Å². The zero-order chi connectivity index (χ0) is 9.97. The molecule has 1 aromatic rings. The second-order valence-corrected chi connectivity index (χ2v) is 3.67. The summed E-state index contributed by atoms with van der Waals surface area (Å²) >= 11 is 6.05. The highest BCUT2D eigenvalue weighted by Crippen LogP contribution is 2.31. The molecule has 0 radical (unpaired) electrons. The zero-order valence-corrected chi connectivity index (χ0v) is 8.54. The van der Waals surface area contributed by atoms with Gasteiger partial charge in [0.1, 0.15) is 0 Å². The fourth-order valence-corrected chi connectivity index (χ4v) is 1.91. The van der Waals surface area contributed by atoms with Crippen LogP contribution in [0.3, 0.4) is 0 Å². The van der Waals surface area contributed by atoms with Crippen LogP contribution in [-0.4, -0.2) is 18.1 Å². The molecule has 0 atom stereocenters. The topological polar surface area (TPSA) is 42.1 Å². The number of anilines is 2. The third-order valence-electron chi connectivity index (χ3n) is 2.28. The highest BCUT2D eigenvalue weighted by Gasteiger charge is 2.13. The zero-order valence-electron chi connectivity index (χ0n) is 7.78. The Bertz CT molecular complexity index is 342. The third kappa shape index (κ3) is 1.68. The van der Waals surface area contributed by atoms with E-state index in [9.17, 15) is 0 Å². The van der Waals surface area contributed by atoms with Crippen molar-refractivity contribution in [3.8, 4) is 0 Å². The van der Waals surface area contributed by atoms with E-state index >= 15 is 0 Å². The maximum atomic E-state index is 6.05. The average molecular weight is 210 g/mol. The van der Waals surface area contributed by atoms with Crippen LogP contribution in [-0.2, 0) is 0 Å². The van der Waals surface area contributed by atoms with Crippen molar-refractivity contribution >= 4 is 23.0 Å². The van der Waals surface area contributed by atoms with Gasteiger partial charge in [0.2, 0.25) is 0 Å². The van der Waals surface area contributed by atoms with E-state index in [1.54, 1.807) is 12.4 Å². The van der Waals surface area contributed by atoms with Crippen LogP contribution in [0.1, 0.15) is 6.42 Å². The molecule has 0 aromatic carbocycles. The first-order valence-corrected chi connectivity index (χ1v) is 4.96. The number of nitrogen functional groups attached to an aromatic ring is 1. The second kappa shape index (κ2) is 3.88. The molecule has 4 heteroatoms. The van der Waals surface area contributed by atoms with Gasteiger partial charge in [0, 0.05) is 19.3 Å². The lowest BCUT2D eigenvalue weighted by Gasteiger charge is -2.27. The van der Waals surface area contributed by atoms with Crippen molar-refractivity contribution in [3.63, 3.8) is 0 Å². The van der Waals surface area contributed by atoms with Crippen molar-refractivity contribution in [2.45, 2.75) is 6.42 Å². The first kappa shape index (κ1) is 9.34. The molecule has 1 aliphatic rings. The molecule has 2 N–H and O–H groups in total. The molecule has 14 heavy (non-hydrogen) atoms. The maximum Gasteiger partial charge on any atom is 0.0844 e. The molecule has 1 aliphatic heterocycles. The Morgan fingerprint density at radius 1 is 1.36 bits per heavy atom. The van der Waals surface area contributed by atoms with E-state index in [4.69, 9.17) is 17.3 Å². The lowest BCUT2D eigenvalue weighted by Crippen LogP contribution is -2.27. The van der Waals surface area contributed by atoms with E-state index < -0.39 is 0 Å². The maximum absolute atomic E-state index is 6.05. The van der Waals surface area contributed by atoms with Crippen molar-refractivity contribution in [3.05, 3.63) is 29.6 Å². The van der Waals surface area contributed by atoms with Crippen LogP contribution in [0.2, 0.25) is 5.02 Å². The summed E-state index contributed by atoms with van der Waals surface area (Å²) in [6, 6.07) is 0. The number of hydrogen-bond donors (Lipinski definition) is 1. The summed E-state index contributed by atoms with van der Waals surface area (Å²) in [6.45, 7) is 1.83. The molecular formula is C10H12ClN3. The quantitative estimate of drug-likeness (QED) is 0.721. The van der Waals surface area contributed by atoms with E-state index in [0.29, 0.717) is 10.7 Å². The number of nitrogens with zero attached hydrogens (tertiary/aromatic N) is 2. The van der Waals surface area contributed by atoms with Gasteiger partial charge in [-0.3, -0.25) is 4.98 Å². The number of aromatic nitrogens is 1. The predicted octanol–water partition coefficient (Wildman–Crippen LogP) is 2.08. The van der Waals surface area contributed by atoms with Crippen molar-refractivity contribution in [1.29, 1.82) is 0 Å². The summed E-state index contributed by atoms with van der Waals surface area (Å²) in [5.41, 5.74) is 7.39. The van der Waals surface area contributed by atoms with Gasteiger partial charge in [-0.15, -0.1) is 0 Å². The highest BCUT2D eigenvalue weighted by molar-refractivity contribution is 6.33. The molecule has 0 unspecified atom stereocenters. The van der Waals surface area contributed by atoms with Gasteiger partial charge in [0.15, 0.2) is 0 Å². The minimum absolute atomic E-state index is 0.625. The van der Waals surface area contributed by atoms with Crippen LogP contribution in [0, 0.1) is 0 Å². The first-order chi connectivity index (χ1) is 6.79. The Hall–Kier alpha value is -1.22. The van der Waals surface area contributed by atoms with Gasteiger partial charge in [0.05, 0.1) is 22.6 Å². The number of nitrogens with two attached hydrogens (primary N) is 1. The number of rotatable bonds is 1. The Morgan fingerprint density at radius 3 is 2.86 bits per heavy atom. The number of hydrogen-bond acceptors (Lipinski definition) is 3. The minimum atomic E-state index is 0.625. The molecule has 0 saturated heterocycles. The monoisotopic (exact) mass is 209 g/mol. The summed E-state index contributed by atoms with van der Waals surface area (Å²) in [5, 5.41) is 0.625. The van der Waals surface area contributed by atoms with E-state index in [-0.39, 0.29) is 0 Å². The van der Waals surface area contributed by atoms with E-state index in [1.807, 2.05) is 0 Å². The second-order valence-electron chi connectivity index (χ2n) is 3.27. The van der Waals surface area contributed by atoms with Gasteiger partial charge in [0.25, 0.3) is 0 Å². The largest absolute Gasteiger partial charge is 0.396 e. The molecule has 2 heterocycles. The van der Waals surface area contributed by atoms with Gasteiger partial charge < -0.3 is 10.6 Å². The molecule has 1 aromatic heterocycles. The SMILES string of the molecule is Nc1cncc(Cl)c1N1CC=CCC1. The van der Waals surface area contributed by atoms with Crippen LogP contribution in [0.15, 0.2) is 24.5 Å². The summed E-state index contributed by atoms with van der Waals surface area (Å²) in [7, 11) is 0. The molecule has 0 amide bonds. The number of halogens is 1. The Kier molecular flexibility index (Phi) is 2.59. The first-order valence-electron chi connectivity index (χ1n) is 4.58. The average Bonchev–Trinajstić information content (AvgIpc) is 2.19. The van der Waals surface area contributed by atoms with Gasteiger partial charge >= 0.3 is 0 Å². The standard InChI is InChI=1S/C10H12ClN3/c11-8-6-13-7-9(12)10(8)14-4-2-1-3-5-14/h1-2,6-7H,3-5,12H2. The third-order valence-corrected chi connectivity index (χ3v) is 2.55. The van der Waals surface area contributed by atoms with Crippen LogP contribution in [0.5, 0.6) is 0 Å². The summed E-state index contributed by atoms with van der Waals surface area (Å²) in [4.78, 5) is 6.10. The molecule has 0 saturated carbocycles. The van der Waals surface area contributed by atoms with Crippen LogP contribution >= 0.6 is 11.6 Å². The van der Waals surface area contributed by atoms with Crippen LogP contribution < -0.4 is 10.6 Å². The predicted molar refractivity (Wildman–Crippen MR) is 59.6 cm³/mol. The van der Waals surface area contributed by atoms with Crippen molar-refractivity contribution in [2.75, 3.05) is 23.7 Å². The lowest BCUT2D eigenvalue weighted by atomic mass is 10.2. The minimum Gasteiger partial charge on any atom is -0.396 e. The normalized spacial score (nSPS) is 15.9. The summed E-state index contributed by atoms with van der Waals surface area (Å²) < 4.78 is 0. The summed E-state index contributed by atoms with van der Waals surface area (Å²) in [6.07, 6.45) is 8.60. The van der Waals surface area contributed by atoms with Gasteiger partial charge in [-0.2, -0.15) is 0 Å². The van der Waals surface area contributed by atoms with Crippen molar-refractivity contribution in [2.24, 2.45) is 0 Å². The number of pyridine rings is 1. The Morgan fingerprint density at radius 2 is 2.21 bits per heavy atom. The van der Waals surface area contributed by atoms with Crippen molar-refractivity contribution in [1.82, 2.24) is 4.98 Å². The van der Waals surface area contributed by atoms with Gasteiger partial charge in [-0.05, 0) is 6.42 Å². The summed E-state index contributed by atoms with van der Waals surface area (Å²) in [5.74, 6) is 0. The molecule has 74 valence electrons.